The molecule has 0 atom stereocenters. The number of nitro groups is 1. The van der Waals surface area contributed by atoms with E-state index in [1.165, 1.54) is 50.8 Å². The van der Waals surface area contributed by atoms with Crippen LogP contribution in [0.5, 0.6) is 0 Å². The minimum atomic E-state index is -3.69. The summed E-state index contributed by atoms with van der Waals surface area (Å²) in [5, 5.41) is 13.8. The minimum absolute atomic E-state index is 0.0712. The van der Waals surface area contributed by atoms with E-state index in [9.17, 15) is 18.5 Å². The number of hydrogen-bond donors (Lipinski definition) is 0. The molecular weight excluding hydrogens is 460 g/mol. The highest BCUT2D eigenvalue weighted by atomic mass is 32.2. The van der Waals surface area contributed by atoms with Crippen molar-refractivity contribution in [2.75, 3.05) is 31.1 Å². The molecule has 0 bridgehead atoms. The summed E-state index contributed by atoms with van der Waals surface area (Å²) in [6.07, 6.45) is 0.781. The molecule has 2 heterocycles. The highest BCUT2D eigenvalue weighted by Gasteiger charge is 2.29. The van der Waals surface area contributed by atoms with Gasteiger partial charge in [0.15, 0.2) is 5.13 Å². The molecule has 33 heavy (non-hydrogen) atoms. The van der Waals surface area contributed by atoms with Gasteiger partial charge < -0.3 is 4.90 Å². The molecule has 0 radical (unpaired) electrons. The van der Waals surface area contributed by atoms with E-state index < -0.39 is 14.9 Å². The second-order valence-corrected chi connectivity index (χ2v) is 11.1. The molecule has 1 aromatic heterocycles. The molecule has 1 aliphatic heterocycles. The predicted molar refractivity (Wildman–Crippen MR) is 130 cm³/mol. The topological polar surface area (TPSA) is 96.7 Å². The van der Waals surface area contributed by atoms with Gasteiger partial charge in [-0.1, -0.05) is 17.7 Å². The van der Waals surface area contributed by atoms with Crippen LogP contribution in [-0.2, 0) is 16.4 Å². The third kappa shape index (κ3) is 4.92. The first-order chi connectivity index (χ1) is 15.6. The van der Waals surface area contributed by atoms with Crippen LogP contribution in [0.1, 0.15) is 27.9 Å². The van der Waals surface area contributed by atoms with Crippen molar-refractivity contribution in [3.63, 3.8) is 0 Å². The lowest BCUT2D eigenvalue weighted by Gasteiger charge is -2.33. The lowest BCUT2D eigenvalue weighted by Crippen LogP contribution is -2.48. The van der Waals surface area contributed by atoms with E-state index in [4.69, 9.17) is 4.98 Å². The lowest BCUT2D eigenvalue weighted by atomic mass is 9.96. The molecule has 10 heteroatoms. The molecule has 3 aromatic rings. The summed E-state index contributed by atoms with van der Waals surface area (Å²) in [5.74, 6) is 0. The zero-order valence-electron chi connectivity index (χ0n) is 18.8. The van der Waals surface area contributed by atoms with Gasteiger partial charge >= 0.3 is 0 Å². The van der Waals surface area contributed by atoms with E-state index in [-0.39, 0.29) is 10.6 Å². The quantitative estimate of drug-likeness (QED) is 0.385. The number of rotatable bonds is 6. The molecule has 2 aromatic carbocycles. The number of sulfonamides is 1. The van der Waals surface area contributed by atoms with Gasteiger partial charge in [-0.15, -0.1) is 11.3 Å². The van der Waals surface area contributed by atoms with Crippen molar-refractivity contribution < 1.29 is 13.3 Å². The van der Waals surface area contributed by atoms with Crippen molar-refractivity contribution in [1.29, 1.82) is 0 Å². The van der Waals surface area contributed by atoms with Gasteiger partial charge in [0.1, 0.15) is 0 Å². The molecular formula is C23H26N4O4S2. The van der Waals surface area contributed by atoms with Crippen LogP contribution >= 0.6 is 11.3 Å². The maximum absolute atomic E-state index is 12.9. The van der Waals surface area contributed by atoms with Crippen molar-refractivity contribution in [3.05, 3.63) is 79.8 Å². The molecule has 0 amide bonds. The van der Waals surface area contributed by atoms with Crippen LogP contribution in [0.4, 0.5) is 10.8 Å². The van der Waals surface area contributed by atoms with Gasteiger partial charge in [-0.2, -0.15) is 4.31 Å². The summed E-state index contributed by atoms with van der Waals surface area (Å²) in [6, 6.07) is 9.42. The zero-order chi connectivity index (χ0) is 23.8. The normalized spacial score (nSPS) is 15.1. The van der Waals surface area contributed by atoms with E-state index in [2.05, 4.69) is 43.2 Å². The molecule has 0 aliphatic carbocycles. The molecule has 4 rings (SSSR count). The smallest absolute Gasteiger partial charge is 0.269 e. The van der Waals surface area contributed by atoms with Crippen LogP contribution < -0.4 is 4.90 Å². The van der Waals surface area contributed by atoms with Gasteiger partial charge in [-0.25, -0.2) is 13.4 Å². The molecule has 1 saturated heterocycles. The Bertz CT molecular complexity index is 1260. The Morgan fingerprint density at radius 3 is 2.21 bits per heavy atom. The second kappa shape index (κ2) is 9.20. The first-order valence-corrected chi connectivity index (χ1v) is 13.0. The number of nitro benzene ring substituents is 1. The van der Waals surface area contributed by atoms with Crippen LogP contribution in [0.3, 0.4) is 0 Å². The molecule has 0 N–H and O–H groups in total. The summed E-state index contributed by atoms with van der Waals surface area (Å²) < 4.78 is 27.3. The highest BCUT2D eigenvalue weighted by molar-refractivity contribution is 7.89. The monoisotopic (exact) mass is 486 g/mol. The fraction of sp³-hybridized carbons (Fsp3) is 0.348. The van der Waals surface area contributed by atoms with Crippen molar-refractivity contribution in [2.45, 2.75) is 32.1 Å². The standard InChI is InChI=1S/C23H26N4O4S2/c1-16-12-17(2)22(18(3)13-16)14-19-15-32-23(24-19)25-8-10-26(11-9-25)33(30,31)21-6-4-20(5-7-21)27(28)29/h4-7,12-13,15H,8-11,14H2,1-3H3. The Morgan fingerprint density at radius 2 is 1.64 bits per heavy atom. The molecule has 1 aliphatic rings. The van der Waals surface area contributed by atoms with Gasteiger partial charge in [0.2, 0.25) is 10.0 Å². The van der Waals surface area contributed by atoms with E-state index in [1.54, 1.807) is 11.3 Å². The summed E-state index contributed by atoms with van der Waals surface area (Å²) in [7, 11) is -3.69. The first kappa shape index (κ1) is 23.3. The molecule has 8 nitrogen and oxygen atoms in total. The Hall–Kier alpha value is -2.82. The number of aryl methyl sites for hydroxylation is 3. The summed E-state index contributed by atoms with van der Waals surface area (Å²) in [4.78, 5) is 17.3. The van der Waals surface area contributed by atoms with Crippen molar-refractivity contribution in [1.82, 2.24) is 9.29 Å². The van der Waals surface area contributed by atoms with Gasteiger partial charge in [-0.3, -0.25) is 10.1 Å². The third-order valence-corrected chi connectivity index (χ3v) is 8.80. The Morgan fingerprint density at radius 1 is 1.03 bits per heavy atom. The van der Waals surface area contributed by atoms with Crippen molar-refractivity contribution >= 4 is 32.2 Å². The molecule has 1 fully saturated rings. The van der Waals surface area contributed by atoms with Gasteiger partial charge in [0.25, 0.3) is 5.69 Å². The average molecular weight is 487 g/mol. The third-order valence-electron chi connectivity index (χ3n) is 5.93. The van der Waals surface area contributed by atoms with Crippen molar-refractivity contribution in [2.24, 2.45) is 0 Å². The maximum atomic E-state index is 12.9. The minimum Gasteiger partial charge on any atom is -0.345 e. The van der Waals surface area contributed by atoms with Crippen LogP contribution in [0.15, 0.2) is 46.7 Å². The summed E-state index contributed by atoms with van der Waals surface area (Å²) in [5.41, 5.74) is 5.99. The number of nitrogens with zero attached hydrogens (tertiary/aromatic N) is 4. The lowest BCUT2D eigenvalue weighted by molar-refractivity contribution is -0.384. The van der Waals surface area contributed by atoms with Crippen LogP contribution in [0, 0.1) is 30.9 Å². The summed E-state index contributed by atoms with van der Waals surface area (Å²) in [6.45, 7) is 8.13. The molecule has 174 valence electrons. The highest BCUT2D eigenvalue weighted by Crippen LogP contribution is 2.27. The number of aromatic nitrogens is 1. The van der Waals surface area contributed by atoms with E-state index in [1.807, 2.05) is 0 Å². The fourth-order valence-corrected chi connectivity index (χ4v) is 6.50. The van der Waals surface area contributed by atoms with Crippen LogP contribution in [-0.4, -0.2) is 48.8 Å². The van der Waals surface area contributed by atoms with Crippen LogP contribution in [0.2, 0.25) is 0 Å². The number of piperazine rings is 1. The Balaban J connectivity index is 1.41. The number of thiazole rings is 1. The molecule has 0 unspecified atom stereocenters. The van der Waals surface area contributed by atoms with E-state index in [0.717, 1.165) is 17.2 Å². The molecule has 0 saturated carbocycles. The number of anilines is 1. The zero-order valence-corrected chi connectivity index (χ0v) is 20.4. The summed E-state index contributed by atoms with van der Waals surface area (Å²) >= 11 is 1.58. The average Bonchev–Trinajstić information content (AvgIpc) is 3.25. The number of benzene rings is 2. The van der Waals surface area contributed by atoms with E-state index >= 15 is 0 Å². The Labute approximate surface area is 197 Å². The van der Waals surface area contributed by atoms with Gasteiger partial charge in [0.05, 0.1) is 15.5 Å². The number of non-ortho nitro benzene ring substituents is 1. The fourth-order valence-electron chi connectivity index (χ4n) is 4.20. The maximum Gasteiger partial charge on any atom is 0.269 e. The second-order valence-electron chi connectivity index (χ2n) is 8.32. The van der Waals surface area contributed by atoms with Gasteiger partial charge in [0, 0.05) is 50.1 Å². The number of hydrogen-bond acceptors (Lipinski definition) is 7. The van der Waals surface area contributed by atoms with Gasteiger partial charge in [-0.05, 0) is 49.6 Å². The molecule has 0 spiro atoms. The van der Waals surface area contributed by atoms with E-state index in [0.29, 0.717) is 26.2 Å². The van der Waals surface area contributed by atoms with Crippen LogP contribution in [0.25, 0.3) is 0 Å². The predicted octanol–water partition coefficient (Wildman–Crippen LogP) is 4.08. The van der Waals surface area contributed by atoms with Crippen molar-refractivity contribution in [3.8, 4) is 0 Å². The first-order valence-electron chi connectivity index (χ1n) is 10.7. The Kier molecular flexibility index (Phi) is 6.51. The SMILES string of the molecule is Cc1cc(C)c(Cc2csc(N3CCN(S(=O)(=O)c4ccc([N+](=O)[O-])cc4)CC3)n2)c(C)c1. The largest absolute Gasteiger partial charge is 0.345 e.